The van der Waals surface area contributed by atoms with E-state index in [0.29, 0.717) is 25.7 Å². The van der Waals surface area contributed by atoms with E-state index >= 15 is 0 Å². The zero-order valence-corrected chi connectivity index (χ0v) is 15.1. The molecule has 0 unspecified atom stereocenters. The number of nitrogens with one attached hydrogen (secondary N) is 1. The van der Waals surface area contributed by atoms with Crippen molar-refractivity contribution in [1.82, 2.24) is 4.98 Å². The lowest BCUT2D eigenvalue weighted by Gasteiger charge is -2.02. The van der Waals surface area contributed by atoms with Crippen molar-refractivity contribution in [3.05, 3.63) is 37.2 Å². The number of hydrogen-bond acceptors (Lipinski definition) is 6. The predicted octanol–water partition coefficient (Wildman–Crippen LogP) is 4.33. The van der Waals surface area contributed by atoms with Gasteiger partial charge >= 0.3 is 0 Å². The predicted molar refractivity (Wildman–Crippen MR) is 91.6 cm³/mol. The maximum atomic E-state index is 11.4. The Kier molecular flexibility index (Phi) is 5.13. The number of thiazole rings is 1. The monoisotopic (exact) mass is 431 g/mol. The quantitative estimate of drug-likeness (QED) is 0.428. The number of anilines is 1. The number of phenols is 1. The van der Waals surface area contributed by atoms with Crippen molar-refractivity contribution in [3.63, 3.8) is 0 Å². The third-order valence-electron chi connectivity index (χ3n) is 2.54. The van der Waals surface area contributed by atoms with E-state index in [9.17, 15) is 9.90 Å². The van der Waals surface area contributed by atoms with Gasteiger partial charge in [0.15, 0.2) is 5.78 Å². The molecule has 0 saturated carbocycles. The van der Waals surface area contributed by atoms with Gasteiger partial charge < -0.3 is 5.11 Å². The number of carbonyl (C=O) groups excluding carboxylic acids is 1. The first-order valence-corrected chi connectivity index (χ1v) is 8.24. The van der Waals surface area contributed by atoms with Gasteiger partial charge in [-0.15, -0.1) is 0 Å². The van der Waals surface area contributed by atoms with E-state index in [1.165, 1.54) is 24.5 Å². The molecule has 0 saturated heterocycles. The first kappa shape index (κ1) is 16.1. The van der Waals surface area contributed by atoms with Crippen LogP contribution in [-0.2, 0) is 0 Å². The Morgan fingerprint density at radius 3 is 2.81 bits per heavy atom. The second kappa shape index (κ2) is 6.67. The molecule has 0 aliphatic carbocycles. The van der Waals surface area contributed by atoms with Crippen molar-refractivity contribution in [1.29, 1.82) is 0 Å². The zero-order chi connectivity index (χ0) is 15.6. The van der Waals surface area contributed by atoms with Crippen LogP contribution in [0.3, 0.4) is 0 Å². The molecule has 110 valence electrons. The van der Waals surface area contributed by atoms with Crippen LogP contribution >= 0.6 is 43.2 Å². The molecule has 1 aromatic heterocycles. The van der Waals surface area contributed by atoms with Gasteiger partial charge in [0, 0.05) is 17.0 Å². The molecule has 0 atom stereocenters. The number of benzene rings is 1. The minimum Gasteiger partial charge on any atom is -0.506 e. The third kappa shape index (κ3) is 3.90. The highest BCUT2D eigenvalue weighted by molar-refractivity contribution is 9.11. The van der Waals surface area contributed by atoms with Gasteiger partial charge in [0.05, 0.1) is 21.3 Å². The van der Waals surface area contributed by atoms with Gasteiger partial charge in [-0.1, -0.05) is 27.3 Å². The summed E-state index contributed by atoms with van der Waals surface area (Å²) in [5, 5.41) is 14.5. The van der Waals surface area contributed by atoms with Crippen LogP contribution in [0.4, 0.5) is 5.13 Å². The van der Waals surface area contributed by atoms with Gasteiger partial charge in [-0.2, -0.15) is 5.10 Å². The number of aryl methyl sites for hydroxylation is 1. The van der Waals surface area contributed by atoms with E-state index in [4.69, 9.17) is 0 Å². The van der Waals surface area contributed by atoms with Crippen LogP contribution in [0.15, 0.2) is 26.2 Å². The number of rotatable bonds is 4. The van der Waals surface area contributed by atoms with Crippen LogP contribution in [0.2, 0.25) is 0 Å². The van der Waals surface area contributed by atoms with Crippen LogP contribution in [0.25, 0.3) is 0 Å². The number of aromatic hydroxyl groups is 1. The van der Waals surface area contributed by atoms with Gasteiger partial charge in [-0.3, -0.25) is 10.2 Å². The lowest BCUT2D eigenvalue weighted by molar-refractivity contribution is 0.102. The molecule has 1 heterocycles. The molecule has 0 aliphatic rings. The maximum absolute atomic E-state index is 11.4. The van der Waals surface area contributed by atoms with E-state index in [-0.39, 0.29) is 11.5 Å². The Hall–Kier alpha value is -1.25. The molecule has 2 N–H and O–H groups in total. The Balaban J connectivity index is 2.16. The highest BCUT2D eigenvalue weighted by Crippen LogP contribution is 2.30. The number of nitrogens with zero attached hydrogens (tertiary/aromatic N) is 2. The molecule has 2 aromatic rings. The molecule has 0 aliphatic heterocycles. The van der Waals surface area contributed by atoms with E-state index in [2.05, 4.69) is 47.4 Å². The fourth-order valence-electron chi connectivity index (χ4n) is 1.61. The lowest BCUT2D eigenvalue weighted by atomic mass is 10.2. The minimum absolute atomic E-state index is 0.0180. The first-order valence-electron chi connectivity index (χ1n) is 5.84. The first-order chi connectivity index (χ1) is 9.88. The number of ketones is 1. The van der Waals surface area contributed by atoms with Crippen molar-refractivity contribution in [3.8, 4) is 5.75 Å². The third-order valence-corrected chi connectivity index (χ3v) is 4.76. The van der Waals surface area contributed by atoms with E-state index in [0.717, 1.165) is 4.47 Å². The molecule has 1 aromatic carbocycles. The van der Waals surface area contributed by atoms with Crippen LogP contribution in [0.5, 0.6) is 5.75 Å². The summed E-state index contributed by atoms with van der Waals surface area (Å²) in [6, 6.07) is 3.47. The number of halogens is 2. The van der Waals surface area contributed by atoms with E-state index < -0.39 is 0 Å². The smallest absolute Gasteiger partial charge is 0.204 e. The van der Waals surface area contributed by atoms with Crippen molar-refractivity contribution < 1.29 is 9.90 Å². The summed E-state index contributed by atoms with van der Waals surface area (Å²) in [6.45, 7) is 3.28. The minimum atomic E-state index is -0.0180. The van der Waals surface area contributed by atoms with Crippen molar-refractivity contribution in [2.24, 2.45) is 5.10 Å². The molecule has 0 amide bonds. The normalized spacial score (nSPS) is 11.0. The molecule has 21 heavy (non-hydrogen) atoms. The van der Waals surface area contributed by atoms with Gasteiger partial charge in [0.1, 0.15) is 5.75 Å². The largest absolute Gasteiger partial charge is 0.506 e. The van der Waals surface area contributed by atoms with Gasteiger partial charge in [0.2, 0.25) is 5.13 Å². The van der Waals surface area contributed by atoms with Crippen LogP contribution in [0, 0.1) is 6.92 Å². The van der Waals surface area contributed by atoms with Gasteiger partial charge in [-0.05, 0) is 35.0 Å². The molecule has 8 heteroatoms. The highest BCUT2D eigenvalue weighted by Gasteiger charge is 2.11. The summed E-state index contributed by atoms with van der Waals surface area (Å²) in [5.74, 6) is 0.0825. The standard InChI is InChI=1S/C13H11Br2N3O2S/c1-6-12(7(2)19)21-13(17-6)18-16-5-8-3-9(14)4-10(15)11(8)20/h3-5,20H,1-2H3,(H,17,18)/b16-5+. The summed E-state index contributed by atoms with van der Waals surface area (Å²) in [4.78, 5) is 16.2. The van der Waals surface area contributed by atoms with Gasteiger partial charge in [0.25, 0.3) is 0 Å². The van der Waals surface area contributed by atoms with Crippen LogP contribution < -0.4 is 5.43 Å². The van der Waals surface area contributed by atoms with Crippen molar-refractivity contribution >= 4 is 60.3 Å². The SMILES string of the molecule is CC(=O)c1sc(N/N=C/c2cc(Br)cc(Br)c2O)nc1C. The summed E-state index contributed by atoms with van der Waals surface area (Å²) >= 11 is 7.84. The number of phenolic OH excluding ortho intramolecular Hbond substituents is 1. The Morgan fingerprint density at radius 1 is 1.48 bits per heavy atom. The number of hydrazone groups is 1. The number of hydrogen-bond donors (Lipinski definition) is 2. The second-order valence-electron chi connectivity index (χ2n) is 4.19. The summed E-state index contributed by atoms with van der Waals surface area (Å²) in [7, 11) is 0. The number of carbonyl (C=O) groups is 1. The van der Waals surface area contributed by atoms with Gasteiger partial charge in [-0.25, -0.2) is 4.98 Å². The molecular weight excluding hydrogens is 422 g/mol. The second-order valence-corrected chi connectivity index (χ2v) is 6.95. The van der Waals surface area contributed by atoms with Crippen LogP contribution in [-0.4, -0.2) is 22.1 Å². The highest BCUT2D eigenvalue weighted by atomic mass is 79.9. The average molecular weight is 433 g/mol. The lowest BCUT2D eigenvalue weighted by Crippen LogP contribution is -1.91. The zero-order valence-electron chi connectivity index (χ0n) is 11.1. The molecule has 0 fully saturated rings. The van der Waals surface area contributed by atoms with E-state index in [1.54, 1.807) is 19.1 Å². The fourth-order valence-corrected chi connectivity index (χ4v) is 3.68. The van der Waals surface area contributed by atoms with E-state index in [1.807, 2.05) is 0 Å². The molecule has 0 spiro atoms. The molecule has 5 nitrogen and oxygen atoms in total. The molecular formula is C13H11Br2N3O2S. The Labute approximate surface area is 142 Å². The molecule has 0 bridgehead atoms. The summed E-state index contributed by atoms with van der Waals surface area (Å²) in [6.07, 6.45) is 1.48. The Bertz CT molecular complexity index is 728. The van der Waals surface area contributed by atoms with Crippen molar-refractivity contribution in [2.75, 3.05) is 5.43 Å². The number of aromatic nitrogens is 1. The molecule has 2 rings (SSSR count). The summed E-state index contributed by atoms with van der Waals surface area (Å²) in [5.41, 5.74) is 3.98. The average Bonchev–Trinajstić information content (AvgIpc) is 2.76. The Morgan fingerprint density at radius 2 is 2.19 bits per heavy atom. The maximum Gasteiger partial charge on any atom is 0.204 e. The van der Waals surface area contributed by atoms with Crippen LogP contribution in [0.1, 0.15) is 27.9 Å². The molecule has 0 radical (unpaired) electrons. The summed E-state index contributed by atoms with van der Waals surface area (Å²) < 4.78 is 1.39. The number of Topliss-reactive ketones (excluding diaryl/α,β-unsaturated/α-hetero) is 1. The topological polar surface area (TPSA) is 74.6 Å². The van der Waals surface area contributed by atoms with Crippen molar-refractivity contribution in [2.45, 2.75) is 13.8 Å². The fraction of sp³-hybridized carbons (Fsp3) is 0.154.